The molecule has 1 saturated heterocycles. The molecule has 2 aliphatic rings. The Morgan fingerprint density at radius 1 is 0.909 bits per heavy atom. The fraction of sp³-hybridized carbons (Fsp3) is 0.304. The van der Waals surface area contributed by atoms with Gasteiger partial charge in [0.15, 0.2) is 5.82 Å². The van der Waals surface area contributed by atoms with Crippen LogP contribution in [0.3, 0.4) is 0 Å². The monoisotopic (exact) mass is 465 g/mol. The predicted molar refractivity (Wildman–Crippen MR) is 123 cm³/mol. The van der Waals surface area contributed by atoms with E-state index >= 15 is 0 Å². The van der Waals surface area contributed by atoms with E-state index < -0.39 is 14.9 Å². The molecule has 0 saturated carbocycles. The van der Waals surface area contributed by atoms with Crippen LogP contribution in [0.15, 0.2) is 59.5 Å². The number of hydrogen-bond acceptors (Lipinski definition) is 7. The topological polar surface area (TPSA) is 110 Å². The van der Waals surface area contributed by atoms with Crippen LogP contribution < -0.4 is 4.90 Å². The molecule has 0 amide bonds. The molecule has 2 aromatic carbocycles. The number of anilines is 1. The van der Waals surface area contributed by atoms with Crippen molar-refractivity contribution < 1.29 is 13.3 Å². The van der Waals surface area contributed by atoms with E-state index in [0.29, 0.717) is 12.2 Å². The van der Waals surface area contributed by atoms with Gasteiger partial charge in [0.05, 0.1) is 15.5 Å². The molecule has 1 aromatic heterocycles. The maximum absolute atomic E-state index is 13.3. The van der Waals surface area contributed by atoms with Crippen LogP contribution in [-0.4, -0.2) is 47.2 Å². The molecule has 0 unspecified atom stereocenters. The maximum atomic E-state index is 13.3. The largest absolute Gasteiger partial charge is 0.356 e. The van der Waals surface area contributed by atoms with Gasteiger partial charge in [0, 0.05) is 55.9 Å². The fourth-order valence-electron chi connectivity index (χ4n) is 4.37. The van der Waals surface area contributed by atoms with Crippen LogP contribution in [0, 0.1) is 10.1 Å². The first-order chi connectivity index (χ1) is 15.9. The highest BCUT2D eigenvalue weighted by Gasteiger charge is 2.33. The number of nitro groups is 1. The lowest BCUT2D eigenvalue weighted by atomic mass is 10.1. The number of nitro benzene ring substituents is 1. The number of nitrogens with zero attached hydrogens (tertiary/aromatic N) is 5. The standard InChI is InChI=1S/C23H23N5O4S/c29-28(30)18-8-10-19(11-9-18)33(31,32)27-15-12-21-20(16-27)23(26-13-4-5-14-26)25-22(24-21)17-6-2-1-3-7-17/h1-3,6-11H,4-5,12-16H2. The molecule has 2 aliphatic heterocycles. The first-order valence-electron chi connectivity index (χ1n) is 10.9. The summed E-state index contributed by atoms with van der Waals surface area (Å²) in [5.74, 6) is 1.46. The molecule has 10 heteroatoms. The van der Waals surface area contributed by atoms with Gasteiger partial charge in [-0.25, -0.2) is 18.4 Å². The van der Waals surface area contributed by atoms with Crippen molar-refractivity contribution in [1.29, 1.82) is 0 Å². The zero-order chi connectivity index (χ0) is 23.0. The van der Waals surface area contributed by atoms with Crippen molar-refractivity contribution in [2.75, 3.05) is 24.5 Å². The second kappa shape index (κ2) is 8.53. The number of hydrogen-bond donors (Lipinski definition) is 0. The lowest BCUT2D eigenvalue weighted by Crippen LogP contribution is -2.38. The van der Waals surface area contributed by atoms with Crippen LogP contribution in [0.1, 0.15) is 24.1 Å². The van der Waals surface area contributed by atoms with E-state index in [1.165, 1.54) is 28.6 Å². The molecular weight excluding hydrogens is 442 g/mol. The quantitative estimate of drug-likeness (QED) is 0.420. The second-order valence-corrected chi connectivity index (χ2v) is 10.1. The van der Waals surface area contributed by atoms with Gasteiger partial charge >= 0.3 is 0 Å². The second-order valence-electron chi connectivity index (χ2n) is 8.20. The molecule has 1 fully saturated rings. The maximum Gasteiger partial charge on any atom is 0.269 e. The SMILES string of the molecule is O=[N+]([O-])c1ccc(S(=O)(=O)N2CCc3nc(-c4ccccc4)nc(N4CCCC4)c3C2)cc1. The van der Waals surface area contributed by atoms with E-state index in [1.54, 1.807) is 0 Å². The van der Waals surface area contributed by atoms with Crippen LogP contribution in [0.2, 0.25) is 0 Å². The first-order valence-corrected chi connectivity index (χ1v) is 12.3. The highest BCUT2D eigenvalue weighted by Crippen LogP contribution is 2.33. The molecule has 170 valence electrons. The average Bonchev–Trinajstić information content (AvgIpc) is 3.38. The van der Waals surface area contributed by atoms with E-state index in [2.05, 4.69) is 4.90 Å². The Labute approximate surface area is 191 Å². The number of rotatable bonds is 5. The number of fused-ring (bicyclic) bond motifs is 1. The summed E-state index contributed by atoms with van der Waals surface area (Å²) in [6.07, 6.45) is 2.62. The molecule has 0 N–H and O–H groups in total. The van der Waals surface area contributed by atoms with Gasteiger partial charge in [0.25, 0.3) is 5.69 Å². The minimum Gasteiger partial charge on any atom is -0.356 e. The Morgan fingerprint density at radius 3 is 2.27 bits per heavy atom. The van der Waals surface area contributed by atoms with E-state index in [0.717, 1.165) is 48.6 Å². The molecular formula is C23H23N5O4S. The fourth-order valence-corrected chi connectivity index (χ4v) is 5.78. The number of benzene rings is 2. The van der Waals surface area contributed by atoms with Gasteiger partial charge in [0.2, 0.25) is 10.0 Å². The van der Waals surface area contributed by atoms with Crippen molar-refractivity contribution in [2.24, 2.45) is 0 Å². The molecule has 0 aliphatic carbocycles. The van der Waals surface area contributed by atoms with Crippen molar-refractivity contribution in [1.82, 2.24) is 14.3 Å². The summed E-state index contributed by atoms with van der Waals surface area (Å²) in [5.41, 5.74) is 2.51. The van der Waals surface area contributed by atoms with Crippen molar-refractivity contribution in [3.63, 3.8) is 0 Å². The molecule has 0 atom stereocenters. The van der Waals surface area contributed by atoms with Crippen LogP contribution in [0.25, 0.3) is 11.4 Å². The summed E-state index contributed by atoms with van der Waals surface area (Å²) >= 11 is 0. The summed E-state index contributed by atoms with van der Waals surface area (Å²) < 4.78 is 28.0. The summed E-state index contributed by atoms with van der Waals surface area (Å²) in [4.78, 5) is 22.3. The smallest absolute Gasteiger partial charge is 0.269 e. The van der Waals surface area contributed by atoms with Crippen LogP contribution in [0.4, 0.5) is 11.5 Å². The van der Waals surface area contributed by atoms with Crippen LogP contribution in [0.5, 0.6) is 0 Å². The average molecular weight is 466 g/mol. The van der Waals surface area contributed by atoms with Gasteiger partial charge in [-0.2, -0.15) is 4.31 Å². The first kappa shape index (κ1) is 21.5. The number of aromatic nitrogens is 2. The lowest BCUT2D eigenvalue weighted by Gasteiger charge is -2.31. The Hall–Kier alpha value is -3.37. The zero-order valence-electron chi connectivity index (χ0n) is 17.9. The van der Waals surface area contributed by atoms with Gasteiger partial charge in [0.1, 0.15) is 5.82 Å². The van der Waals surface area contributed by atoms with Crippen molar-refractivity contribution in [3.05, 3.63) is 76.0 Å². The molecule has 5 rings (SSSR count). The van der Waals surface area contributed by atoms with Gasteiger partial charge in [-0.05, 0) is 25.0 Å². The van der Waals surface area contributed by atoms with Crippen LogP contribution in [-0.2, 0) is 23.0 Å². The predicted octanol–water partition coefficient (Wildman–Crippen LogP) is 3.40. The third-order valence-corrected chi connectivity index (χ3v) is 7.99. The Morgan fingerprint density at radius 2 is 1.61 bits per heavy atom. The molecule has 33 heavy (non-hydrogen) atoms. The minimum absolute atomic E-state index is 0.0427. The Balaban J connectivity index is 1.52. The summed E-state index contributed by atoms with van der Waals surface area (Å²) in [7, 11) is -3.81. The summed E-state index contributed by atoms with van der Waals surface area (Å²) in [6, 6.07) is 14.8. The number of non-ortho nitro benzene ring substituents is 1. The third kappa shape index (κ3) is 4.07. The third-order valence-electron chi connectivity index (χ3n) is 6.13. The van der Waals surface area contributed by atoms with E-state index in [-0.39, 0.29) is 23.7 Å². The van der Waals surface area contributed by atoms with Gasteiger partial charge in [-0.1, -0.05) is 30.3 Å². The zero-order valence-corrected chi connectivity index (χ0v) is 18.7. The highest BCUT2D eigenvalue weighted by atomic mass is 32.2. The molecule has 9 nitrogen and oxygen atoms in total. The highest BCUT2D eigenvalue weighted by molar-refractivity contribution is 7.89. The Kier molecular flexibility index (Phi) is 5.55. The van der Waals surface area contributed by atoms with Gasteiger partial charge in [-0.3, -0.25) is 10.1 Å². The van der Waals surface area contributed by atoms with E-state index in [1.807, 2.05) is 30.3 Å². The molecule has 0 radical (unpaired) electrons. The van der Waals surface area contributed by atoms with Crippen LogP contribution >= 0.6 is 0 Å². The molecule has 0 spiro atoms. The van der Waals surface area contributed by atoms with Gasteiger partial charge < -0.3 is 4.90 Å². The number of sulfonamides is 1. The van der Waals surface area contributed by atoms with Crippen molar-refractivity contribution in [2.45, 2.75) is 30.7 Å². The molecule has 3 aromatic rings. The Bertz CT molecular complexity index is 1290. The minimum atomic E-state index is -3.81. The van der Waals surface area contributed by atoms with E-state index in [9.17, 15) is 18.5 Å². The normalized spacial score (nSPS) is 16.5. The van der Waals surface area contributed by atoms with E-state index in [4.69, 9.17) is 9.97 Å². The van der Waals surface area contributed by atoms with Gasteiger partial charge in [-0.15, -0.1) is 0 Å². The summed E-state index contributed by atoms with van der Waals surface area (Å²) in [5, 5.41) is 10.9. The molecule has 3 heterocycles. The lowest BCUT2D eigenvalue weighted by molar-refractivity contribution is -0.384. The molecule has 0 bridgehead atoms. The summed E-state index contributed by atoms with van der Waals surface area (Å²) in [6.45, 7) is 2.23. The van der Waals surface area contributed by atoms with Crippen molar-refractivity contribution >= 4 is 21.5 Å². The van der Waals surface area contributed by atoms with Crippen molar-refractivity contribution in [3.8, 4) is 11.4 Å².